The maximum Gasteiger partial charge on any atom is 0.269 e. The van der Waals surface area contributed by atoms with Gasteiger partial charge in [-0.25, -0.2) is 0 Å². The quantitative estimate of drug-likeness (QED) is 0.907. The highest BCUT2D eigenvalue weighted by atomic mass is 32.1. The van der Waals surface area contributed by atoms with Gasteiger partial charge < -0.3 is 15.0 Å². The number of nitrogens with one attached hydrogen (secondary N) is 1. The number of anilines is 1. The van der Waals surface area contributed by atoms with E-state index in [0.29, 0.717) is 49.0 Å². The summed E-state index contributed by atoms with van der Waals surface area (Å²) in [6.45, 7) is 4.24. The molecule has 1 fully saturated rings. The highest BCUT2D eigenvalue weighted by Crippen LogP contribution is 2.15. The zero-order chi connectivity index (χ0) is 16.9. The number of hydrogen-bond acceptors (Lipinski definition) is 6. The highest BCUT2D eigenvalue weighted by molar-refractivity contribution is 7.08. The molecule has 8 heteroatoms. The molecule has 1 aliphatic heterocycles. The van der Waals surface area contributed by atoms with Crippen LogP contribution in [0.3, 0.4) is 0 Å². The Balaban J connectivity index is 1.58. The van der Waals surface area contributed by atoms with Crippen molar-refractivity contribution >= 4 is 29.0 Å². The van der Waals surface area contributed by atoms with E-state index in [0.717, 1.165) is 17.1 Å². The number of morpholine rings is 1. The van der Waals surface area contributed by atoms with Crippen molar-refractivity contribution < 1.29 is 14.3 Å². The molecule has 1 N–H and O–H groups in total. The van der Waals surface area contributed by atoms with Gasteiger partial charge in [-0.2, -0.15) is 0 Å². The van der Waals surface area contributed by atoms with E-state index in [4.69, 9.17) is 4.74 Å². The summed E-state index contributed by atoms with van der Waals surface area (Å²) in [7, 11) is 0. The van der Waals surface area contributed by atoms with Crippen molar-refractivity contribution in [1.82, 2.24) is 14.5 Å². The molecule has 0 atom stereocenters. The van der Waals surface area contributed by atoms with Gasteiger partial charge in [0.05, 0.1) is 25.3 Å². The predicted octanol–water partition coefficient (Wildman–Crippen LogP) is 1.50. The van der Waals surface area contributed by atoms with Crippen molar-refractivity contribution in [3.05, 3.63) is 40.4 Å². The monoisotopic (exact) mass is 346 g/mol. The maximum atomic E-state index is 12.2. The summed E-state index contributed by atoms with van der Waals surface area (Å²) in [5.41, 5.74) is 2.21. The first-order valence-corrected chi connectivity index (χ1v) is 8.45. The van der Waals surface area contributed by atoms with Crippen LogP contribution in [-0.2, 0) is 16.0 Å². The van der Waals surface area contributed by atoms with E-state index in [9.17, 15) is 9.59 Å². The van der Waals surface area contributed by atoms with Gasteiger partial charge in [0.2, 0.25) is 5.91 Å². The number of aryl methyl sites for hydroxylation is 1. The van der Waals surface area contributed by atoms with Crippen LogP contribution in [0.25, 0.3) is 0 Å². The standard InChI is InChI=1S/C16H18N4O3S/c1-11-15(24-19-18-11)16(22)17-13-4-2-12(3-5-13)10-14(21)20-6-8-23-9-7-20/h2-5H,6-10H2,1H3,(H,17,22). The van der Waals surface area contributed by atoms with Crippen molar-refractivity contribution in [3.8, 4) is 0 Å². The Hall–Kier alpha value is -2.32. The zero-order valence-electron chi connectivity index (χ0n) is 13.3. The van der Waals surface area contributed by atoms with E-state index in [1.54, 1.807) is 19.1 Å². The number of aromatic nitrogens is 2. The average Bonchev–Trinajstić information content (AvgIpc) is 3.03. The second kappa shape index (κ2) is 7.50. The number of ether oxygens (including phenoxy) is 1. The third kappa shape index (κ3) is 3.95. The Bertz CT molecular complexity index is 723. The molecule has 0 unspecified atom stereocenters. The van der Waals surface area contributed by atoms with E-state index in [1.807, 2.05) is 17.0 Å². The van der Waals surface area contributed by atoms with Gasteiger partial charge in [0.25, 0.3) is 5.91 Å². The third-order valence-electron chi connectivity index (χ3n) is 3.79. The number of carbonyl (C=O) groups excluding carboxylic acids is 2. The third-order valence-corrected chi connectivity index (χ3v) is 4.62. The van der Waals surface area contributed by atoms with Crippen molar-refractivity contribution in [2.24, 2.45) is 0 Å². The van der Waals surface area contributed by atoms with Gasteiger partial charge in [-0.05, 0) is 36.2 Å². The van der Waals surface area contributed by atoms with E-state index in [2.05, 4.69) is 14.9 Å². The first-order valence-electron chi connectivity index (χ1n) is 7.68. The van der Waals surface area contributed by atoms with E-state index < -0.39 is 0 Å². The zero-order valence-corrected chi connectivity index (χ0v) is 14.1. The Morgan fingerprint density at radius 1 is 1.25 bits per heavy atom. The van der Waals surface area contributed by atoms with Crippen molar-refractivity contribution in [2.45, 2.75) is 13.3 Å². The van der Waals surface area contributed by atoms with Crippen LogP contribution in [0.5, 0.6) is 0 Å². The molecule has 2 amide bonds. The topological polar surface area (TPSA) is 84.4 Å². The maximum absolute atomic E-state index is 12.2. The minimum Gasteiger partial charge on any atom is -0.378 e. The molecule has 0 saturated carbocycles. The lowest BCUT2D eigenvalue weighted by Crippen LogP contribution is -2.41. The Labute approximate surface area is 143 Å². The van der Waals surface area contributed by atoms with Gasteiger partial charge in [0.1, 0.15) is 4.88 Å². The number of amides is 2. The number of rotatable bonds is 4. The van der Waals surface area contributed by atoms with Crippen LogP contribution in [0.4, 0.5) is 5.69 Å². The fourth-order valence-corrected chi connectivity index (χ4v) is 2.98. The van der Waals surface area contributed by atoms with E-state index >= 15 is 0 Å². The lowest BCUT2D eigenvalue weighted by atomic mass is 10.1. The molecule has 0 bridgehead atoms. The summed E-state index contributed by atoms with van der Waals surface area (Å²) in [6, 6.07) is 7.30. The normalized spacial score (nSPS) is 14.5. The van der Waals surface area contributed by atoms with Crippen molar-refractivity contribution in [1.29, 1.82) is 0 Å². The van der Waals surface area contributed by atoms with Gasteiger partial charge >= 0.3 is 0 Å². The van der Waals surface area contributed by atoms with Crippen LogP contribution < -0.4 is 5.32 Å². The van der Waals surface area contributed by atoms with E-state index in [1.165, 1.54) is 0 Å². The molecular weight excluding hydrogens is 328 g/mol. The second-order valence-electron chi connectivity index (χ2n) is 5.51. The van der Waals surface area contributed by atoms with Gasteiger partial charge in [-0.1, -0.05) is 16.6 Å². The largest absolute Gasteiger partial charge is 0.378 e. The van der Waals surface area contributed by atoms with Crippen molar-refractivity contribution in [3.63, 3.8) is 0 Å². The lowest BCUT2D eigenvalue weighted by molar-refractivity contribution is -0.134. The van der Waals surface area contributed by atoms with Crippen molar-refractivity contribution in [2.75, 3.05) is 31.6 Å². The Morgan fingerprint density at radius 2 is 1.96 bits per heavy atom. The molecule has 1 aliphatic rings. The van der Waals surface area contributed by atoms with Crippen LogP contribution in [-0.4, -0.2) is 52.6 Å². The molecule has 0 spiro atoms. The molecule has 3 rings (SSSR count). The second-order valence-corrected chi connectivity index (χ2v) is 6.26. The summed E-state index contributed by atoms with van der Waals surface area (Å²) >= 11 is 1.07. The number of benzene rings is 1. The first-order chi connectivity index (χ1) is 11.6. The summed E-state index contributed by atoms with van der Waals surface area (Å²) in [6.07, 6.45) is 0.353. The number of hydrogen-bond donors (Lipinski definition) is 1. The molecular formula is C16H18N4O3S. The molecule has 1 aromatic carbocycles. The molecule has 0 radical (unpaired) electrons. The Morgan fingerprint density at radius 3 is 2.58 bits per heavy atom. The molecule has 0 aliphatic carbocycles. The van der Waals surface area contributed by atoms with Gasteiger partial charge in [-0.3, -0.25) is 9.59 Å². The number of carbonyl (C=O) groups is 2. The molecule has 24 heavy (non-hydrogen) atoms. The molecule has 2 aromatic rings. The SMILES string of the molecule is Cc1nnsc1C(=O)Nc1ccc(CC(=O)N2CCOCC2)cc1. The van der Waals surface area contributed by atoms with E-state index in [-0.39, 0.29) is 11.8 Å². The van der Waals surface area contributed by atoms with Crippen LogP contribution >= 0.6 is 11.5 Å². The molecule has 1 saturated heterocycles. The van der Waals surface area contributed by atoms with Gasteiger partial charge in [0.15, 0.2) is 0 Å². The summed E-state index contributed by atoms with van der Waals surface area (Å²) < 4.78 is 9.01. The first kappa shape index (κ1) is 16.5. The van der Waals surface area contributed by atoms with Gasteiger partial charge in [0, 0.05) is 18.8 Å². The highest BCUT2D eigenvalue weighted by Gasteiger charge is 2.17. The minimum atomic E-state index is -0.223. The smallest absolute Gasteiger partial charge is 0.269 e. The number of nitrogens with zero attached hydrogens (tertiary/aromatic N) is 3. The molecule has 7 nitrogen and oxygen atoms in total. The van der Waals surface area contributed by atoms with Crippen LogP contribution in [0, 0.1) is 6.92 Å². The fourth-order valence-electron chi connectivity index (χ4n) is 2.43. The van der Waals surface area contributed by atoms with Gasteiger partial charge in [-0.15, -0.1) is 5.10 Å². The Kier molecular flexibility index (Phi) is 5.17. The molecule has 1 aromatic heterocycles. The molecule has 2 heterocycles. The fraction of sp³-hybridized carbons (Fsp3) is 0.375. The van der Waals surface area contributed by atoms with Crippen LogP contribution in [0.15, 0.2) is 24.3 Å². The summed E-state index contributed by atoms with van der Waals surface area (Å²) in [4.78, 5) is 26.6. The lowest BCUT2D eigenvalue weighted by Gasteiger charge is -2.26. The summed E-state index contributed by atoms with van der Waals surface area (Å²) in [5.74, 6) is -0.124. The predicted molar refractivity (Wildman–Crippen MR) is 90.1 cm³/mol. The van der Waals surface area contributed by atoms with Crippen LogP contribution in [0.2, 0.25) is 0 Å². The summed E-state index contributed by atoms with van der Waals surface area (Å²) in [5, 5.41) is 6.64. The average molecular weight is 346 g/mol. The minimum absolute atomic E-state index is 0.0986. The van der Waals surface area contributed by atoms with Crippen LogP contribution in [0.1, 0.15) is 20.9 Å². The molecule has 126 valence electrons.